The summed E-state index contributed by atoms with van der Waals surface area (Å²) in [6.07, 6.45) is 1.16. The van der Waals surface area contributed by atoms with Gasteiger partial charge in [0.1, 0.15) is 0 Å². The number of halogens is 1. The van der Waals surface area contributed by atoms with Crippen LogP contribution in [0.3, 0.4) is 0 Å². The van der Waals surface area contributed by atoms with Crippen molar-refractivity contribution in [2.75, 3.05) is 24.3 Å². The van der Waals surface area contributed by atoms with Crippen molar-refractivity contribution in [3.63, 3.8) is 0 Å². The molecule has 0 bridgehead atoms. The molecule has 0 radical (unpaired) electrons. The molecule has 2 amide bonds. The molecular weight excluding hydrogens is 318 g/mol. The van der Waals surface area contributed by atoms with Gasteiger partial charge in [-0.2, -0.15) is 0 Å². The van der Waals surface area contributed by atoms with Crippen LogP contribution in [0.25, 0.3) is 0 Å². The lowest BCUT2D eigenvalue weighted by molar-refractivity contribution is -0.118. The molecule has 1 rings (SSSR count). The number of carbonyl (C=O) groups excluding carboxylic acids is 2. The highest BCUT2D eigenvalue weighted by Crippen LogP contribution is 2.23. The first-order chi connectivity index (χ1) is 10.5. The molecule has 0 saturated carbocycles. The standard InChI is InChI=1S/C16H25N3O3.ClH/c1-4-6-15(20)18-13-7-5-8-14(11(13)2)19-16(21)9-12(10-17)22-3;/h5,7-8,12H,4,6,9-10,17H2,1-3H3,(H,18,20)(H,19,21);1H. The maximum Gasteiger partial charge on any atom is 0.227 e. The van der Waals surface area contributed by atoms with Crippen molar-refractivity contribution in [3.05, 3.63) is 23.8 Å². The van der Waals surface area contributed by atoms with Crippen LogP contribution < -0.4 is 16.4 Å². The zero-order valence-corrected chi connectivity index (χ0v) is 14.7. The number of nitrogens with two attached hydrogens (primary N) is 1. The fraction of sp³-hybridized carbons (Fsp3) is 0.500. The quantitative estimate of drug-likeness (QED) is 0.676. The predicted octanol–water partition coefficient (Wildman–Crippen LogP) is 2.46. The second-order valence-corrected chi connectivity index (χ2v) is 5.12. The summed E-state index contributed by atoms with van der Waals surface area (Å²) in [7, 11) is 1.53. The van der Waals surface area contributed by atoms with Crippen molar-refractivity contribution in [1.82, 2.24) is 0 Å². The highest BCUT2D eigenvalue weighted by molar-refractivity contribution is 5.95. The molecule has 1 atom stereocenters. The van der Waals surface area contributed by atoms with Crippen LogP contribution in [-0.4, -0.2) is 31.6 Å². The predicted molar refractivity (Wildman–Crippen MR) is 95.1 cm³/mol. The number of nitrogens with one attached hydrogen (secondary N) is 2. The third-order valence-electron chi connectivity index (χ3n) is 3.37. The molecule has 0 saturated heterocycles. The van der Waals surface area contributed by atoms with Gasteiger partial charge in [0, 0.05) is 31.5 Å². The van der Waals surface area contributed by atoms with Gasteiger partial charge in [-0.3, -0.25) is 9.59 Å². The van der Waals surface area contributed by atoms with Crippen molar-refractivity contribution in [2.24, 2.45) is 5.73 Å². The number of hydrogen-bond acceptors (Lipinski definition) is 4. The third-order valence-corrected chi connectivity index (χ3v) is 3.37. The highest BCUT2D eigenvalue weighted by Gasteiger charge is 2.13. The van der Waals surface area contributed by atoms with Gasteiger partial charge in [-0.1, -0.05) is 13.0 Å². The number of anilines is 2. The molecule has 7 heteroatoms. The number of amides is 2. The Hall–Kier alpha value is -1.63. The Bertz CT molecular complexity index is 519. The average molecular weight is 344 g/mol. The van der Waals surface area contributed by atoms with Crippen molar-refractivity contribution >= 4 is 35.6 Å². The van der Waals surface area contributed by atoms with Crippen LogP contribution in [0, 0.1) is 6.92 Å². The summed E-state index contributed by atoms with van der Waals surface area (Å²) in [5, 5.41) is 5.68. The molecule has 0 heterocycles. The molecule has 0 fully saturated rings. The van der Waals surface area contributed by atoms with E-state index in [0.29, 0.717) is 17.8 Å². The van der Waals surface area contributed by atoms with E-state index in [2.05, 4.69) is 10.6 Å². The van der Waals surface area contributed by atoms with Gasteiger partial charge in [-0.05, 0) is 31.0 Å². The summed E-state index contributed by atoms with van der Waals surface area (Å²) in [6.45, 7) is 4.09. The van der Waals surface area contributed by atoms with Crippen LogP contribution in [0.2, 0.25) is 0 Å². The van der Waals surface area contributed by atoms with Crippen LogP contribution in [0.1, 0.15) is 31.7 Å². The number of benzene rings is 1. The smallest absolute Gasteiger partial charge is 0.227 e. The molecule has 0 aliphatic heterocycles. The van der Waals surface area contributed by atoms with Gasteiger partial charge in [0.2, 0.25) is 11.8 Å². The van der Waals surface area contributed by atoms with E-state index in [1.165, 1.54) is 7.11 Å². The fourth-order valence-corrected chi connectivity index (χ4v) is 2.02. The van der Waals surface area contributed by atoms with Gasteiger partial charge >= 0.3 is 0 Å². The van der Waals surface area contributed by atoms with E-state index in [-0.39, 0.29) is 43.3 Å². The van der Waals surface area contributed by atoms with Gasteiger partial charge in [0.05, 0.1) is 12.5 Å². The van der Waals surface area contributed by atoms with E-state index in [0.717, 1.165) is 12.0 Å². The molecule has 1 aromatic rings. The van der Waals surface area contributed by atoms with E-state index < -0.39 is 0 Å². The third kappa shape index (κ3) is 6.99. The lowest BCUT2D eigenvalue weighted by Gasteiger charge is -2.15. The number of rotatable bonds is 8. The Morgan fingerprint density at radius 2 is 1.78 bits per heavy atom. The fourth-order valence-electron chi connectivity index (χ4n) is 2.02. The molecule has 1 aromatic carbocycles. The molecule has 130 valence electrons. The van der Waals surface area contributed by atoms with E-state index in [4.69, 9.17) is 10.5 Å². The van der Waals surface area contributed by atoms with Crippen LogP contribution in [0.4, 0.5) is 11.4 Å². The summed E-state index contributed by atoms with van der Waals surface area (Å²) in [6, 6.07) is 5.41. The topological polar surface area (TPSA) is 93.5 Å². The second-order valence-electron chi connectivity index (χ2n) is 5.12. The molecule has 6 nitrogen and oxygen atoms in total. The van der Waals surface area contributed by atoms with Crippen LogP contribution in [-0.2, 0) is 14.3 Å². The average Bonchev–Trinajstić information content (AvgIpc) is 2.49. The summed E-state index contributed by atoms with van der Waals surface area (Å²) in [5.74, 6) is -0.200. The molecule has 0 aliphatic rings. The van der Waals surface area contributed by atoms with Gasteiger partial charge in [-0.25, -0.2) is 0 Å². The Morgan fingerprint density at radius 1 is 1.22 bits per heavy atom. The van der Waals surface area contributed by atoms with Crippen LogP contribution >= 0.6 is 12.4 Å². The summed E-state index contributed by atoms with van der Waals surface area (Å²) in [4.78, 5) is 23.7. The van der Waals surface area contributed by atoms with Crippen LogP contribution in [0.5, 0.6) is 0 Å². The van der Waals surface area contributed by atoms with Gasteiger partial charge < -0.3 is 21.1 Å². The second kappa shape index (κ2) is 11.0. The van der Waals surface area contributed by atoms with Crippen molar-refractivity contribution < 1.29 is 14.3 Å². The maximum absolute atomic E-state index is 12.0. The molecule has 1 unspecified atom stereocenters. The minimum Gasteiger partial charge on any atom is -0.380 e. The van der Waals surface area contributed by atoms with Gasteiger partial charge in [0.25, 0.3) is 0 Å². The van der Waals surface area contributed by atoms with Gasteiger partial charge in [0.15, 0.2) is 0 Å². The van der Waals surface area contributed by atoms with Crippen molar-refractivity contribution in [2.45, 2.75) is 39.2 Å². The Kier molecular flexibility index (Phi) is 10.2. The Morgan fingerprint density at radius 3 is 2.26 bits per heavy atom. The van der Waals surface area contributed by atoms with E-state index >= 15 is 0 Å². The minimum absolute atomic E-state index is 0. The molecule has 0 spiro atoms. The first-order valence-electron chi connectivity index (χ1n) is 7.44. The SMILES string of the molecule is CCCC(=O)Nc1cccc(NC(=O)CC(CN)OC)c1C.Cl. The number of carbonyl (C=O) groups is 2. The first kappa shape index (κ1) is 21.4. The number of methoxy groups -OCH3 is 1. The highest BCUT2D eigenvalue weighted by atomic mass is 35.5. The number of hydrogen-bond donors (Lipinski definition) is 3. The molecule has 0 aromatic heterocycles. The lowest BCUT2D eigenvalue weighted by atomic mass is 10.1. The monoisotopic (exact) mass is 343 g/mol. The molecule has 0 aliphatic carbocycles. The largest absolute Gasteiger partial charge is 0.380 e. The first-order valence-corrected chi connectivity index (χ1v) is 7.44. The minimum atomic E-state index is -0.298. The Balaban J connectivity index is 0.00000484. The van der Waals surface area contributed by atoms with Crippen molar-refractivity contribution in [3.8, 4) is 0 Å². The maximum atomic E-state index is 12.0. The zero-order chi connectivity index (χ0) is 16.5. The Labute approximate surface area is 143 Å². The summed E-state index contributed by atoms with van der Waals surface area (Å²) < 4.78 is 5.10. The van der Waals surface area contributed by atoms with Crippen LogP contribution in [0.15, 0.2) is 18.2 Å². The molecule has 23 heavy (non-hydrogen) atoms. The van der Waals surface area contributed by atoms with Crippen molar-refractivity contribution in [1.29, 1.82) is 0 Å². The van der Waals surface area contributed by atoms with E-state index in [1.807, 2.05) is 19.9 Å². The van der Waals surface area contributed by atoms with E-state index in [9.17, 15) is 9.59 Å². The lowest BCUT2D eigenvalue weighted by Crippen LogP contribution is -2.28. The summed E-state index contributed by atoms with van der Waals surface area (Å²) in [5.41, 5.74) is 7.71. The number of ether oxygens (including phenoxy) is 1. The van der Waals surface area contributed by atoms with Gasteiger partial charge in [-0.15, -0.1) is 12.4 Å². The zero-order valence-electron chi connectivity index (χ0n) is 13.8. The molecule has 4 N–H and O–H groups in total. The normalized spacial score (nSPS) is 11.3. The van der Waals surface area contributed by atoms with E-state index in [1.54, 1.807) is 12.1 Å². The molecular formula is C16H26ClN3O3. The summed E-state index contributed by atoms with van der Waals surface area (Å²) >= 11 is 0.